The van der Waals surface area contributed by atoms with Crippen molar-refractivity contribution in [1.82, 2.24) is 9.47 Å². The molecule has 0 spiro atoms. The molecule has 2 aromatic rings. The van der Waals surface area contributed by atoms with E-state index in [0.29, 0.717) is 13.1 Å². The van der Waals surface area contributed by atoms with Crippen molar-refractivity contribution in [2.24, 2.45) is 0 Å². The van der Waals surface area contributed by atoms with E-state index < -0.39 is 0 Å². The maximum absolute atomic E-state index is 11.8. The molecule has 0 saturated carbocycles. The van der Waals surface area contributed by atoms with Crippen LogP contribution in [0.1, 0.15) is 31.0 Å². The first kappa shape index (κ1) is 16.3. The Morgan fingerprint density at radius 1 is 1.23 bits per heavy atom. The van der Waals surface area contributed by atoms with Gasteiger partial charge in [0.2, 0.25) is 5.43 Å². The molecule has 0 bridgehead atoms. The lowest BCUT2D eigenvalue weighted by atomic mass is 10.2. The predicted molar refractivity (Wildman–Crippen MR) is 89.2 cm³/mol. The van der Waals surface area contributed by atoms with Gasteiger partial charge < -0.3 is 14.6 Å². The minimum atomic E-state index is -0.316. The standard InChI is InChI=1S/C18H24N2O2/c1-3-4-10-19(2)13-16-11-17(21)18(22)14-20(16)12-15-8-6-5-7-9-15/h5-9,11,14,22H,3-4,10,12-13H2,1-2H3. The van der Waals surface area contributed by atoms with E-state index in [1.165, 1.54) is 0 Å². The Balaban J connectivity index is 2.23. The summed E-state index contributed by atoms with van der Waals surface area (Å²) < 4.78 is 1.95. The largest absolute Gasteiger partial charge is 0.503 e. The van der Waals surface area contributed by atoms with Gasteiger partial charge in [-0.3, -0.25) is 4.79 Å². The Hall–Kier alpha value is -2.07. The molecule has 0 aliphatic rings. The number of rotatable bonds is 7. The summed E-state index contributed by atoms with van der Waals surface area (Å²) in [6.07, 6.45) is 3.83. The smallest absolute Gasteiger partial charge is 0.223 e. The molecular weight excluding hydrogens is 276 g/mol. The number of unbranched alkanes of at least 4 members (excludes halogenated alkanes) is 1. The van der Waals surface area contributed by atoms with E-state index >= 15 is 0 Å². The Kier molecular flexibility index (Phi) is 5.78. The van der Waals surface area contributed by atoms with Crippen molar-refractivity contribution in [2.75, 3.05) is 13.6 Å². The third-order valence-electron chi connectivity index (χ3n) is 3.72. The predicted octanol–water partition coefficient (Wildman–Crippen LogP) is 2.83. The summed E-state index contributed by atoms with van der Waals surface area (Å²) in [5, 5.41) is 9.73. The molecule has 1 heterocycles. The average Bonchev–Trinajstić information content (AvgIpc) is 2.51. The number of pyridine rings is 1. The number of hydrogen-bond donors (Lipinski definition) is 1. The molecule has 0 aliphatic heterocycles. The summed E-state index contributed by atoms with van der Waals surface area (Å²) >= 11 is 0. The number of nitrogens with zero attached hydrogens (tertiary/aromatic N) is 2. The average molecular weight is 300 g/mol. The molecule has 0 fully saturated rings. The zero-order valence-corrected chi connectivity index (χ0v) is 13.3. The maximum Gasteiger partial charge on any atom is 0.223 e. The van der Waals surface area contributed by atoms with E-state index in [4.69, 9.17) is 0 Å². The quantitative estimate of drug-likeness (QED) is 0.855. The van der Waals surface area contributed by atoms with Crippen LogP contribution < -0.4 is 5.43 Å². The summed E-state index contributed by atoms with van der Waals surface area (Å²) in [7, 11) is 2.06. The van der Waals surface area contributed by atoms with Crippen molar-refractivity contribution in [3.05, 3.63) is 64.1 Å². The summed E-state index contributed by atoms with van der Waals surface area (Å²) in [5.74, 6) is -0.198. The van der Waals surface area contributed by atoms with E-state index in [1.807, 2.05) is 34.9 Å². The Morgan fingerprint density at radius 2 is 1.95 bits per heavy atom. The summed E-state index contributed by atoms with van der Waals surface area (Å²) in [6, 6.07) is 11.6. The first-order valence-electron chi connectivity index (χ1n) is 7.75. The van der Waals surface area contributed by atoms with E-state index in [-0.39, 0.29) is 11.2 Å². The summed E-state index contributed by atoms with van der Waals surface area (Å²) in [5.41, 5.74) is 1.75. The van der Waals surface area contributed by atoms with Crippen molar-refractivity contribution in [1.29, 1.82) is 0 Å². The van der Waals surface area contributed by atoms with Crippen LogP contribution in [0.2, 0.25) is 0 Å². The van der Waals surface area contributed by atoms with E-state index in [9.17, 15) is 9.90 Å². The van der Waals surface area contributed by atoms with Gasteiger partial charge in [-0.25, -0.2) is 0 Å². The number of benzene rings is 1. The zero-order valence-electron chi connectivity index (χ0n) is 13.3. The molecule has 1 aromatic heterocycles. The van der Waals surface area contributed by atoms with Crippen molar-refractivity contribution in [3.8, 4) is 5.75 Å². The van der Waals surface area contributed by atoms with Gasteiger partial charge in [0.05, 0.1) is 6.20 Å². The van der Waals surface area contributed by atoms with Gasteiger partial charge in [0.15, 0.2) is 5.75 Å². The molecule has 118 valence electrons. The monoisotopic (exact) mass is 300 g/mol. The van der Waals surface area contributed by atoms with Gasteiger partial charge in [-0.1, -0.05) is 43.7 Å². The zero-order chi connectivity index (χ0) is 15.9. The van der Waals surface area contributed by atoms with Crippen LogP contribution >= 0.6 is 0 Å². The lowest BCUT2D eigenvalue weighted by Crippen LogP contribution is -2.23. The fourth-order valence-electron chi connectivity index (χ4n) is 2.45. The molecule has 1 N–H and O–H groups in total. The fourth-order valence-corrected chi connectivity index (χ4v) is 2.45. The van der Waals surface area contributed by atoms with Crippen molar-refractivity contribution in [2.45, 2.75) is 32.9 Å². The van der Waals surface area contributed by atoms with Crippen molar-refractivity contribution >= 4 is 0 Å². The fraction of sp³-hybridized carbons (Fsp3) is 0.389. The second kappa shape index (κ2) is 7.80. The van der Waals surface area contributed by atoms with Gasteiger partial charge in [-0.2, -0.15) is 0 Å². The lowest BCUT2D eigenvalue weighted by Gasteiger charge is -2.20. The van der Waals surface area contributed by atoms with Gasteiger partial charge in [-0.15, -0.1) is 0 Å². The van der Waals surface area contributed by atoms with Gasteiger partial charge in [0.25, 0.3) is 0 Å². The van der Waals surface area contributed by atoms with Crippen LogP contribution in [0, 0.1) is 0 Å². The first-order chi connectivity index (χ1) is 10.6. The molecule has 0 saturated heterocycles. The highest BCUT2D eigenvalue weighted by atomic mass is 16.3. The molecule has 22 heavy (non-hydrogen) atoms. The number of hydrogen-bond acceptors (Lipinski definition) is 3. The first-order valence-corrected chi connectivity index (χ1v) is 7.75. The minimum Gasteiger partial charge on any atom is -0.503 e. The molecule has 4 heteroatoms. The normalized spacial score (nSPS) is 11.0. The van der Waals surface area contributed by atoms with Crippen LogP contribution in [0.4, 0.5) is 0 Å². The molecule has 0 unspecified atom stereocenters. The van der Waals surface area contributed by atoms with E-state index in [0.717, 1.165) is 30.6 Å². The number of aromatic hydroxyl groups is 1. The molecule has 0 radical (unpaired) electrons. The highest BCUT2D eigenvalue weighted by Crippen LogP contribution is 2.11. The second-order valence-electron chi connectivity index (χ2n) is 5.72. The highest BCUT2D eigenvalue weighted by molar-refractivity contribution is 5.23. The van der Waals surface area contributed by atoms with Gasteiger partial charge in [-0.05, 0) is 25.6 Å². The molecule has 0 aliphatic carbocycles. The highest BCUT2D eigenvalue weighted by Gasteiger charge is 2.09. The van der Waals surface area contributed by atoms with Crippen LogP contribution in [-0.2, 0) is 13.1 Å². The van der Waals surface area contributed by atoms with Crippen LogP contribution in [-0.4, -0.2) is 28.2 Å². The van der Waals surface area contributed by atoms with Crippen LogP contribution in [0.5, 0.6) is 5.75 Å². The molecule has 2 rings (SSSR count). The number of aromatic nitrogens is 1. The van der Waals surface area contributed by atoms with Crippen LogP contribution in [0.15, 0.2) is 47.4 Å². The molecular formula is C18H24N2O2. The van der Waals surface area contributed by atoms with Gasteiger partial charge in [0, 0.05) is 24.8 Å². The van der Waals surface area contributed by atoms with Crippen LogP contribution in [0.25, 0.3) is 0 Å². The topological polar surface area (TPSA) is 45.5 Å². The third kappa shape index (κ3) is 4.46. The van der Waals surface area contributed by atoms with Crippen molar-refractivity contribution < 1.29 is 5.11 Å². The Labute approximate surface area is 131 Å². The SMILES string of the molecule is CCCCN(C)Cc1cc(=O)c(O)cn1Cc1ccccc1. The van der Waals surface area contributed by atoms with E-state index in [2.05, 4.69) is 18.9 Å². The van der Waals surface area contributed by atoms with E-state index in [1.54, 1.807) is 12.3 Å². The lowest BCUT2D eigenvalue weighted by molar-refractivity contribution is 0.310. The molecule has 0 atom stereocenters. The van der Waals surface area contributed by atoms with Gasteiger partial charge >= 0.3 is 0 Å². The summed E-state index contributed by atoms with van der Waals surface area (Å²) in [4.78, 5) is 14.0. The van der Waals surface area contributed by atoms with Gasteiger partial charge in [0.1, 0.15) is 0 Å². The molecule has 0 amide bonds. The Bertz CT molecular complexity index is 650. The summed E-state index contributed by atoms with van der Waals surface area (Å²) in [6.45, 7) is 4.50. The van der Waals surface area contributed by atoms with Crippen LogP contribution in [0.3, 0.4) is 0 Å². The molecule has 4 nitrogen and oxygen atoms in total. The third-order valence-corrected chi connectivity index (χ3v) is 3.72. The second-order valence-corrected chi connectivity index (χ2v) is 5.72. The van der Waals surface area contributed by atoms with Crippen molar-refractivity contribution in [3.63, 3.8) is 0 Å². The Morgan fingerprint density at radius 3 is 2.64 bits per heavy atom. The maximum atomic E-state index is 11.8. The molecule has 1 aromatic carbocycles. The minimum absolute atomic E-state index is 0.198.